The Morgan fingerprint density at radius 1 is 0.852 bits per heavy atom. The highest BCUT2D eigenvalue weighted by Crippen LogP contribution is 2.23. The second-order valence-corrected chi connectivity index (χ2v) is 5.35. The molecule has 27 heavy (non-hydrogen) atoms. The molecule has 8 nitrogen and oxygen atoms in total. The number of carbonyl (C=O) groups excluding carboxylic acids is 1. The van der Waals surface area contributed by atoms with E-state index in [1.165, 1.54) is 24.3 Å². The van der Waals surface area contributed by atoms with Crippen molar-refractivity contribution in [3.63, 3.8) is 0 Å². The fourth-order valence-corrected chi connectivity index (χ4v) is 2.11. The lowest BCUT2D eigenvalue weighted by Crippen LogP contribution is -2.16. The lowest BCUT2D eigenvalue weighted by atomic mass is 10.3. The molecular weight excluding hydrogens is 348 g/mol. The van der Waals surface area contributed by atoms with Gasteiger partial charge in [-0.2, -0.15) is 10.2 Å². The lowest BCUT2D eigenvalue weighted by molar-refractivity contribution is -0.384. The zero-order valence-electron chi connectivity index (χ0n) is 14.0. The van der Waals surface area contributed by atoms with Crippen LogP contribution in [0, 0.1) is 10.1 Å². The second-order valence-electron chi connectivity index (χ2n) is 5.35. The van der Waals surface area contributed by atoms with Crippen LogP contribution in [0.25, 0.3) is 0 Å². The predicted octanol–water partition coefficient (Wildman–Crippen LogP) is 5.62. The van der Waals surface area contributed by atoms with E-state index < -0.39 is 11.0 Å². The highest BCUT2D eigenvalue weighted by atomic mass is 16.6. The minimum absolute atomic E-state index is 0.00997. The van der Waals surface area contributed by atoms with Gasteiger partial charge in [-0.1, -0.05) is 18.2 Å². The first-order valence-electron chi connectivity index (χ1n) is 7.90. The number of nitrogens with zero attached hydrogens (tertiary/aromatic N) is 3. The van der Waals surface area contributed by atoms with E-state index in [0.29, 0.717) is 22.8 Å². The Bertz CT molecular complexity index is 955. The van der Waals surface area contributed by atoms with E-state index >= 15 is 0 Å². The molecule has 1 N–H and O–H groups in total. The third kappa shape index (κ3) is 5.20. The second kappa shape index (κ2) is 8.34. The van der Waals surface area contributed by atoms with E-state index in [0.717, 1.165) is 0 Å². The number of rotatable bonds is 5. The number of hydrogen-bond donors (Lipinski definition) is 1. The zero-order chi connectivity index (χ0) is 19.1. The minimum Gasteiger partial charge on any atom is -0.410 e. The van der Waals surface area contributed by atoms with Gasteiger partial charge in [0.1, 0.15) is 5.75 Å². The van der Waals surface area contributed by atoms with Crippen LogP contribution in [-0.2, 0) is 0 Å². The van der Waals surface area contributed by atoms with Crippen molar-refractivity contribution in [2.45, 2.75) is 0 Å². The van der Waals surface area contributed by atoms with Crippen LogP contribution in [0.5, 0.6) is 5.75 Å². The minimum atomic E-state index is -0.596. The van der Waals surface area contributed by atoms with Gasteiger partial charge >= 0.3 is 6.09 Å². The van der Waals surface area contributed by atoms with Gasteiger partial charge < -0.3 is 4.74 Å². The van der Waals surface area contributed by atoms with E-state index in [9.17, 15) is 14.9 Å². The first kappa shape index (κ1) is 17.7. The largest absolute Gasteiger partial charge is 0.417 e. The van der Waals surface area contributed by atoms with Crippen LogP contribution in [0.1, 0.15) is 0 Å². The molecule has 0 spiro atoms. The zero-order valence-corrected chi connectivity index (χ0v) is 14.0. The predicted molar refractivity (Wildman–Crippen MR) is 99.8 cm³/mol. The maximum atomic E-state index is 11.8. The van der Waals surface area contributed by atoms with Crippen molar-refractivity contribution in [1.29, 1.82) is 0 Å². The van der Waals surface area contributed by atoms with Crippen molar-refractivity contribution in [2.24, 2.45) is 10.2 Å². The average Bonchev–Trinajstić information content (AvgIpc) is 2.68. The molecule has 0 bridgehead atoms. The number of amides is 1. The van der Waals surface area contributed by atoms with Gasteiger partial charge in [-0.3, -0.25) is 15.4 Å². The number of anilines is 1. The van der Waals surface area contributed by atoms with Crippen LogP contribution >= 0.6 is 0 Å². The third-order valence-corrected chi connectivity index (χ3v) is 3.41. The molecule has 0 saturated heterocycles. The molecule has 0 atom stereocenters. The molecule has 0 saturated carbocycles. The van der Waals surface area contributed by atoms with E-state index in [-0.39, 0.29) is 5.69 Å². The number of carbonyl (C=O) groups is 1. The van der Waals surface area contributed by atoms with Crippen LogP contribution < -0.4 is 10.1 Å². The first-order chi connectivity index (χ1) is 13.1. The Labute approximate surface area is 154 Å². The summed E-state index contributed by atoms with van der Waals surface area (Å²) in [6, 6.07) is 21.2. The van der Waals surface area contributed by atoms with E-state index in [4.69, 9.17) is 4.74 Å². The number of hydrogen-bond acceptors (Lipinski definition) is 6. The molecule has 0 radical (unpaired) electrons. The summed E-state index contributed by atoms with van der Waals surface area (Å²) in [6.45, 7) is 0. The van der Waals surface area contributed by atoms with Crippen LogP contribution in [0.4, 0.5) is 27.5 Å². The summed E-state index contributed by atoms with van der Waals surface area (Å²) in [6.07, 6.45) is -0.596. The summed E-state index contributed by atoms with van der Waals surface area (Å²) in [4.78, 5) is 22.0. The standard InChI is InChI=1S/C19H14N4O4/c24-19(20-14-4-2-1-3-5-14)27-18-12-8-16(9-13-18)22-21-15-6-10-17(11-7-15)23(25)26/h1-13H,(H,20,24). The molecule has 3 rings (SSSR count). The quantitative estimate of drug-likeness (QED) is 0.361. The summed E-state index contributed by atoms with van der Waals surface area (Å²) in [7, 11) is 0. The van der Waals surface area contributed by atoms with Crippen LogP contribution in [0.3, 0.4) is 0 Å². The van der Waals surface area contributed by atoms with Gasteiger partial charge in [-0.15, -0.1) is 0 Å². The molecule has 0 fully saturated rings. The fraction of sp³-hybridized carbons (Fsp3) is 0. The molecule has 8 heteroatoms. The Balaban J connectivity index is 1.58. The van der Waals surface area contributed by atoms with E-state index in [1.54, 1.807) is 48.5 Å². The smallest absolute Gasteiger partial charge is 0.410 e. The van der Waals surface area contributed by atoms with Gasteiger partial charge in [-0.05, 0) is 48.5 Å². The van der Waals surface area contributed by atoms with Crippen LogP contribution in [0.15, 0.2) is 89.1 Å². The van der Waals surface area contributed by atoms with Crippen molar-refractivity contribution in [2.75, 3.05) is 5.32 Å². The van der Waals surface area contributed by atoms with Crippen LogP contribution in [-0.4, -0.2) is 11.0 Å². The maximum absolute atomic E-state index is 11.8. The summed E-state index contributed by atoms with van der Waals surface area (Å²) in [5, 5.41) is 21.3. The van der Waals surface area contributed by atoms with Gasteiger partial charge in [0.2, 0.25) is 0 Å². The van der Waals surface area contributed by atoms with Crippen molar-refractivity contribution >= 4 is 28.8 Å². The summed E-state index contributed by atoms with van der Waals surface area (Å²) in [5.74, 6) is 0.359. The van der Waals surface area contributed by atoms with Crippen molar-refractivity contribution in [3.8, 4) is 5.75 Å². The van der Waals surface area contributed by atoms with Gasteiger partial charge in [0.05, 0.1) is 16.3 Å². The lowest BCUT2D eigenvalue weighted by Gasteiger charge is -2.06. The number of nitrogens with one attached hydrogen (secondary N) is 1. The average molecular weight is 362 g/mol. The molecule has 3 aromatic carbocycles. The van der Waals surface area contributed by atoms with E-state index in [2.05, 4.69) is 15.5 Å². The number of benzene rings is 3. The Kier molecular flexibility index (Phi) is 5.48. The molecule has 1 amide bonds. The number of nitro groups is 1. The molecule has 3 aromatic rings. The molecular formula is C19H14N4O4. The number of nitro benzene ring substituents is 1. The number of azo groups is 1. The van der Waals surface area contributed by atoms with Gasteiger partial charge in [0, 0.05) is 17.8 Å². The van der Waals surface area contributed by atoms with Crippen molar-refractivity contribution in [1.82, 2.24) is 0 Å². The summed E-state index contributed by atoms with van der Waals surface area (Å²) in [5.41, 5.74) is 1.66. The monoisotopic (exact) mass is 362 g/mol. The molecule has 0 aliphatic carbocycles. The topological polar surface area (TPSA) is 106 Å². The maximum Gasteiger partial charge on any atom is 0.417 e. The normalized spacial score (nSPS) is 10.5. The molecule has 0 aliphatic heterocycles. The van der Waals surface area contributed by atoms with E-state index in [1.807, 2.05) is 6.07 Å². The van der Waals surface area contributed by atoms with Gasteiger partial charge in [0.15, 0.2) is 0 Å². The molecule has 0 aromatic heterocycles. The summed E-state index contributed by atoms with van der Waals surface area (Å²) < 4.78 is 5.19. The Morgan fingerprint density at radius 2 is 1.41 bits per heavy atom. The van der Waals surface area contributed by atoms with Crippen LogP contribution in [0.2, 0.25) is 0 Å². The summed E-state index contributed by atoms with van der Waals surface area (Å²) >= 11 is 0. The van der Waals surface area contributed by atoms with Crippen molar-refractivity contribution in [3.05, 3.63) is 89.0 Å². The highest BCUT2D eigenvalue weighted by molar-refractivity contribution is 5.86. The van der Waals surface area contributed by atoms with Crippen molar-refractivity contribution < 1.29 is 14.5 Å². The fourth-order valence-electron chi connectivity index (χ4n) is 2.11. The molecule has 0 unspecified atom stereocenters. The number of non-ortho nitro benzene ring substituents is 1. The third-order valence-electron chi connectivity index (χ3n) is 3.41. The first-order valence-corrected chi connectivity index (χ1v) is 7.90. The SMILES string of the molecule is O=C(Nc1ccccc1)Oc1ccc(N=Nc2ccc([N+](=O)[O-])cc2)cc1. The highest BCUT2D eigenvalue weighted by Gasteiger charge is 2.05. The number of ether oxygens (including phenoxy) is 1. The molecule has 0 aliphatic rings. The molecule has 0 heterocycles. The number of para-hydroxylation sites is 1. The Morgan fingerprint density at radius 3 is 1.96 bits per heavy atom. The van der Waals surface area contributed by atoms with Gasteiger partial charge in [0.25, 0.3) is 5.69 Å². The molecule has 134 valence electrons. The van der Waals surface area contributed by atoms with Gasteiger partial charge in [-0.25, -0.2) is 4.79 Å². The Hall–Kier alpha value is -4.07.